The van der Waals surface area contributed by atoms with Crippen LogP contribution in [0.5, 0.6) is 0 Å². The molecule has 6 heteroatoms. The van der Waals surface area contributed by atoms with Gasteiger partial charge >= 0.3 is 0 Å². The fraction of sp³-hybridized carbons (Fsp3) is 0. The lowest BCUT2D eigenvalue weighted by Gasteiger charge is -2.08. The molecule has 0 aliphatic rings. The Labute approximate surface area is 118 Å². The van der Waals surface area contributed by atoms with Crippen LogP contribution in [0.2, 0.25) is 5.02 Å². The molecule has 0 heterocycles. The molecule has 0 atom stereocenters. The van der Waals surface area contributed by atoms with Gasteiger partial charge in [-0.25, -0.2) is 8.78 Å². The SMILES string of the molecule is N#Cc1ccc(NC(=O)c2cccc(F)c2F)c(Cl)c1. The van der Waals surface area contributed by atoms with Gasteiger partial charge in [0, 0.05) is 0 Å². The third-order valence-electron chi connectivity index (χ3n) is 2.54. The number of benzene rings is 2. The van der Waals surface area contributed by atoms with Crippen LogP contribution in [0.15, 0.2) is 36.4 Å². The molecule has 1 amide bonds. The minimum Gasteiger partial charge on any atom is -0.321 e. The van der Waals surface area contributed by atoms with Crippen molar-refractivity contribution in [2.24, 2.45) is 0 Å². The van der Waals surface area contributed by atoms with Gasteiger partial charge in [0.15, 0.2) is 11.6 Å². The van der Waals surface area contributed by atoms with Gasteiger partial charge < -0.3 is 5.32 Å². The number of hydrogen-bond donors (Lipinski definition) is 1. The second-order valence-electron chi connectivity index (χ2n) is 3.86. The predicted octanol–water partition coefficient (Wildman–Crippen LogP) is 3.74. The number of nitrogens with zero attached hydrogens (tertiary/aromatic N) is 1. The van der Waals surface area contributed by atoms with E-state index in [4.69, 9.17) is 16.9 Å². The zero-order chi connectivity index (χ0) is 14.7. The van der Waals surface area contributed by atoms with Crippen LogP contribution in [-0.2, 0) is 0 Å². The van der Waals surface area contributed by atoms with E-state index >= 15 is 0 Å². The van der Waals surface area contributed by atoms with E-state index in [1.165, 1.54) is 24.3 Å². The van der Waals surface area contributed by atoms with E-state index in [0.717, 1.165) is 12.1 Å². The highest BCUT2D eigenvalue weighted by molar-refractivity contribution is 6.34. The summed E-state index contributed by atoms with van der Waals surface area (Å²) in [5.74, 6) is -3.16. The van der Waals surface area contributed by atoms with E-state index in [9.17, 15) is 13.6 Å². The molecule has 2 rings (SSSR count). The molecule has 0 aliphatic carbocycles. The van der Waals surface area contributed by atoms with Gasteiger partial charge in [-0.2, -0.15) is 5.26 Å². The van der Waals surface area contributed by atoms with Crippen molar-refractivity contribution in [1.29, 1.82) is 5.26 Å². The molecule has 0 aromatic heterocycles. The lowest BCUT2D eigenvalue weighted by atomic mass is 10.1. The first-order valence-electron chi connectivity index (χ1n) is 5.48. The molecule has 0 saturated carbocycles. The average Bonchev–Trinajstić information content (AvgIpc) is 2.44. The van der Waals surface area contributed by atoms with Crippen LogP contribution in [0.4, 0.5) is 14.5 Å². The number of hydrogen-bond acceptors (Lipinski definition) is 2. The van der Waals surface area contributed by atoms with Crippen LogP contribution < -0.4 is 5.32 Å². The van der Waals surface area contributed by atoms with Crippen molar-refractivity contribution in [3.63, 3.8) is 0 Å². The topological polar surface area (TPSA) is 52.9 Å². The van der Waals surface area contributed by atoms with Crippen molar-refractivity contribution in [2.45, 2.75) is 0 Å². The minimum atomic E-state index is -1.23. The Morgan fingerprint density at radius 1 is 1.25 bits per heavy atom. The van der Waals surface area contributed by atoms with Gasteiger partial charge in [0.2, 0.25) is 0 Å². The molecule has 2 aromatic carbocycles. The Balaban J connectivity index is 2.29. The number of amides is 1. The number of rotatable bonds is 2. The molecular weight excluding hydrogens is 286 g/mol. The molecule has 0 saturated heterocycles. The largest absolute Gasteiger partial charge is 0.321 e. The molecule has 100 valence electrons. The van der Waals surface area contributed by atoms with Gasteiger partial charge in [-0.3, -0.25) is 4.79 Å². The van der Waals surface area contributed by atoms with Crippen LogP contribution in [0, 0.1) is 23.0 Å². The molecule has 1 N–H and O–H groups in total. The highest BCUT2D eigenvalue weighted by Crippen LogP contribution is 2.24. The molecule has 0 fully saturated rings. The van der Waals surface area contributed by atoms with Gasteiger partial charge in [0.05, 0.1) is 27.9 Å². The van der Waals surface area contributed by atoms with Crippen molar-refractivity contribution >= 4 is 23.2 Å². The Hall–Kier alpha value is -2.45. The first kappa shape index (κ1) is 14.0. The number of nitrogens with one attached hydrogen (secondary N) is 1. The zero-order valence-electron chi connectivity index (χ0n) is 9.95. The molecule has 0 aliphatic heterocycles. The minimum absolute atomic E-state index is 0.134. The van der Waals surface area contributed by atoms with Gasteiger partial charge in [-0.1, -0.05) is 17.7 Å². The van der Waals surface area contributed by atoms with E-state index in [2.05, 4.69) is 5.32 Å². The van der Waals surface area contributed by atoms with Crippen LogP contribution >= 0.6 is 11.6 Å². The fourth-order valence-electron chi connectivity index (χ4n) is 1.55. The maximum Gasteiger partial charge on any atom is 0.258 e. The lowest BCUT2D eigenvalue weighted by molar-refractivity contribution is 0.102. The van der Waals surface area contributed by atoms with Crippen molar-refractivity contribution < 1.29 is 13.6 Å². The van der Waals surface area contributed by atoms with Crippen LogP contribution in [0.3, 0.4) is 0 Å². The Morgan fingerprint density at radius 3 is 2.65 bits per heavy atom. The third-order valence-corrected chi connectivity index (χ3v) is 2.86. The lowest BCUT2D eigenvalue weighted by Crippen LogP contribution is -2.14. The third kappa shape index (κ3) is 2.76. The normalized spacial score (nSPS) is 9.90. The highest BCUT2D eigenvalue weighted by atomic mass is 35.5. The summed E-state index contributed by atoms with van der Waals surface area (Å²) in [6, 6.07) is 9.42. The smallest absolute Gasteiger partial charge is 0.258 e. The molecule has 3 nitrogen and oxygen atoms in total. The molecular formula is C14H7ClF2N2O. The highest BCUT2D eigenvalue weighted by Gasteiger charge is 2.16. The Kier molecular flexibility index (Phi) is 3.97. The van der Waals surface area contributed by atoms with E-state index in [1.54, 1.807) is 0 Å². The summed E-state index contributed by atoms with van der Waals surface area (Å²) in [7, 11) is 0. The van der Waals surface area contributed by atoms with Crippen molar-refractivity contribution in [3.8, 4) is 6.07 Å². The molecule has 0 spiro atoms. The standard InChI is InChI=1S/C14H7ClF2N2O/c15-10-6-8(7-18)4-5-12(10)19-14(20)9-2-1-3-11(16)13(9)17/h1-6H,(H,19,20). The van der Waals surface area contributed by atoms with Crippen molar-refractivity contribution in [3.05, 3.63) is 64.2 Å². The summed E-state index contributed by atoms with van der Waals surface area (Å²) >= 11 is 5.88. The van der Waals surface area contributed by atoms with Gasteiger partial charge in [0.25, 0.3) is 5.91 Å². The molecule has 0 bridgehead atoms. The van der Waals surface area contributed by atoms with Crippen LogP contribution in [0.1, 0.15) is 15.9 Å². The van der Waals surface area contributed by atoms with Crippen molar-refractivity contribution in [1.82, 2.24) is 0 Å². The number of carbonyl (C=O) groups is 1. The number of halogens is 3. The molecule has 0 unspecified atom stereocenters. The van der Waals surface area contributed by atoms with Gasteiger partial charge in [-0.05, 0) is 30.3 Å². The van der Waals surface area contributed by atoms with Gasteiger partial charge in [0.1, 0.15) is 0 Å². The second kappa shape index (κ2) is 5.68. The number of anilines is 1. The van der Waals surface area contributed by atoms with Crippen LogP contribution in [0.25, 0.3) is 0 Å². The summed E-state index contributed by atoms with van der Waals surface area (Å²) in [4.78, 5) is 11.9. The number of nitriles is 1. The second-order valence-corrected chi connectivity index (χ2v) is 4.27. The predicted molar refractivity (Wildman–Crippen MR) is 70.5 cm³/mol. The Morgan fingerprint density at radius 2 is 2.00 bits per heavy atom. The molecule has 2 aromatic rings. The van der Waals surface area contributed by atoms with Crippen LogP contribution in [-0.4, -0.2) is 5.91 Å². The maximum absolute atomic E-state index is 13.5. The number of carbonyl (C=O) groups excluding carboxylic acids is 1. The quantitative estimate of drug-likeness (QED) is 0.916. The van der Waals surface area contributed by atoms with Crippen molar-refractivity contribution in [2.75, 3.05) is 5.32 Å². The van der Waals surface area contributed by atoms with Gasteiger partial charge in [-0.15, -0.1) is 0 Å². The summed E-state index contributed by atoms with van der Waals surface area (Å²) < 4.78 is 26.5. The summed E-state index contributed by atoms with van der Waals surface area (Å²) in [6.07, 6.45) is 0. The molecule has 20 heavy (non-hydrogen) atoms. The summed E-state index contributed by atoms with van der Waals surface area (Å²) in [5.41, 5.74) is 0.106. The summed E-state index contributed by atoms with van der Waals surface area (Å²) in [5, 5.41) is 11.2. The average molecular weight is 293 g/mol. The summed E-state index contributed by atoms with van der Waals surface area (Å²) in [6.45, 7) is 0. The van der Waals surface area contributed by atoms with E-state index < -0.39 is 23.1 Å². The first-order chi connectivity index (χ1) is 9.52. The maximum atomic E-state index is 13.5. The molecule has 0 radical (unpaired) electrons. The fourth-order valence-corrected chi connectivity index (χ4v) is 1.78. The van der Waals surface area contributed by atoms with E-state index in [-0.39, 0.29) is 10.7 Å². The monoisotopic (exact) mass is 292 g/mol. The zero-order valence-corrected chi connectivity index (χ0v) is 10.7. The van der Waals surface area contributed by atoms with E-state index in [1.807, 2.05) is 6.07 Å². The Bertz CT molecular complexity index is 726. The van der Waals surface area contributed by atoms with E-state index in [0.29, 0.717) is 5.56 Å². The first-order valence-corrected chi connectivity index (χ1v) is 5.85.